The summed E-state index contributed by atoms with van der Waals surface area (Å²) in [6.07, 6.45) is 4.45. The molecule has 116 valence electrons. The van der Waals surface area contributed by atoms with E-state index in [-0.39, 0.29) is 10.6 Å². The zero-order valence-electron chi connectivity index (χ0n) is 13.0. The smallest absolute Gasteiger partial charge is 0.292 e. The Balaban J connectivity index is 2.03. The molecule has 0 amide bonds. The van der Waals surface area contributed by atoms with E-state index in [1.54, 1.807) is 6.07 Å². The van der Waals surface area contributed by atoms with E-state index >= 15 is 0 Å². The molecule has 5 heteroatoms. The van der Waals surface area contributed by atoms with Gasteiger partial charge in [-0.1, -0.05) is 13.0 Å². The van der Waals surface area contributed by atoms with E-state index in [2.05, 4.69) is 17.1 Å². The number of hydrogen-bond donors (Lipinski definition) is 1. The van der Waals surface area contributed by atoms with Crippen molar-refractivity contribution in [1.29, 1.82) is 0 Å². The summed E-state index contributed by atoms with van der Waals surface area (Å²) in [5.41, 5.74) is 1.76. The van der Waals surface area contributed by atoms with Gasteiger partial charge in [0.1, 0.15) is 5.69 Å². The van der Waals surface area contributed by atoms with Gasteiger partial charge < -0.3 is 10.2 Å². The third-order valence-electron chi connectivity index (χ3n) is 4.07. The van der Waals surface area contributed by atoms with Crippen LogP contribution in [0.3, 0.4) is 0 Å². The number of anilines is 1. The first-order valence-electron chi connectivity index (χ1n) is 7.84. The summed E-state index contributed by atoms with van der Waals surface area (Å²) in [7, 11) is 0. The molecule has 1 saturated heterocycles. The number of rotatable bonds is 5. The molecular formula is C16H25N3O2. The van der Waals surface area contributed by atoms with E-state index < -0.39 is 0 Å². The second kappa shape index (κ2) is 7.41. The van der Waals surface area contributed by atoms with E-state index in [1.807, 2.05) is 19.1 Å². The Bertz CT molecular complexity index is 490. The van der Waals surface area contributed by atoms with Crippen molar-refractivity contribution >= 4 is 11.4 Å². The van der Waals surface area contributed by atoms with Crippen LogP contribution in [0, 0.1) is 17.0 Å². The van der Waals surface area contributed by atoms with E-state index in [1.165, 1.54) is 6.42 Å². The fraction of sp³-hybridized carbons (Fsp3) is 0.625. The van der Waals surface area contributed by atoms with Crippen LogP contribution in [-0.4, -0.2) is 35.5 Å². The lowest BCUT2D eigenvalue weighted by molar-refractivity contribution is -0.384. The van der Waals surface area contributed by atoms with Gasteiger partial charge in [0.25, 0.3) is 5.69 Å². The van der Waals surface area contributed by atoms with Crippen LogP contribution in [0.5, 0.6) is 0 Å². The van der Waals surface area contributed by atoms with Gasteiger partial charge in [0.2, 0.25) is 0 Å². The van der Waals surface area contributed by atoms with Crippen LogP contribution < -0.4 is 5.32 Å². The highest BCUT2D eigenvalue weighted by atomic mass is 16.6. The summed E-state index contributed by atoms with van der Waals surface area (Å²) >= 11 is 0. The second-order valence-electron chi connectivity index (χ2n) is 5.89. The molecule has 0 aromatic heterocycles. The van der Waals surface area contributed by atoms with Gasteiger partial charge in [-0.15, -0.1) is 0 Å². The van der Waals surface area contributed by atoms with Crippen molar-refractivity contribution in [3.05, 3.63) is 33.9 Å². The Hall–Kier alpha value is -1.62. The van der Waals surface area contributed by atoms with E-state index in [0.717, 1.165) is 44.5 Å². The highest BCUT2D eigenvalue weighted by Gasteiger charge is 2.20. The molecule has 1 N–H and O–H groups in total. The number of hydrogen-bond acceptors (Lipinski definition) is 4. The summed E-state index contributed by atoms with van der Waals surface area (Å²) in [6.45, 7) is 7.45. The monoisotopic (exact) mass is 291 g/mol. The quantitative estimate of drug-likeness (QED) is 0.665. The number of aryl methyl sites for hydroxylation is 1. The van der Waals surface area contributed by atoms with Crippen molar-refractivity contribution in [2.75, 3.05) is 25.0 Å². The lowest BCUT2D eigenvalue weighted by Crippen LogP contribution is -2.27. The Morgan fingerprint density at radius 1 is 1.38 bits per heavy atom. The zero-order chi connectivity index (χ0) is 15.2. The Labute approximate surface area is 126 Å². The summed E-state index contributed by atoms with van der Waals surface area (Å²) in [6, 6.07) is 5.73. The van der Waals surface area contributed by atoms with E-state index in [9.17, 15) is 10.1 Å². The summed E-state index contributed by atoms with van der Waals surface area (Å²) in [5.74, 6) is 0. The maximum Gasteiger partial charge on any atom is 0.292 e. The number of nitrogens with one attached hydrogen (secondary N) is 1. The first kappa shape index (κ1) is 15.8. The maximum absolute atomic E-state index is 11.2. The van der Waals surface area contributed by atoms with Gasteiger partial charge >= 0.3 is 0 Å². The summed E-state index contributed by atoms with van der Waals surface area (Å²) in [5, 5.41) is 14.6. The van der Waals surface area contributed by atoms with Gasteiger partial charge in [-0.25, -0.2) is 0 Å². The largest absolute Gasteiger partial charge is 0.377 e. The van der Waals surface area contributed by atoms with Crippen molar-refractivity contribution in [2.45, 2.75) is 45.6 Å². The third-order valence-corrected chi connectivity index (χ3v) is 4.07. The maximum atomic E-state index is 11.2. The number of benzene rings is 1. The number of nitro groups is 1. The molecule has 1 unspecified atom stereocenters. The van der Waals surface area contributed by atoms with Crippen LogP contribution in [0.4, 0.5) is 11.4 Å². The molecule has 0 aliphatic carbocycles. The van der Waals surface area contributed by atoms with Crippen LogP contribution in [-0.2, 0) is 0 Å². The van der Waals surface area contributed by atoms with Gasteiger partial charge in [-0.3, -0.25) is 10.1 Å². The lowest BCUT2D eigenvalue weighted by atomic mass is 10.1. The standard InChI is InChI=1S/C16H25N3O2/c1-3-9-18-10-4-5-14(8-11-18)17-15-7-6-13(2)12-16(15)19(20)21/h6-7,12,14,17H,3-5,8-11H2,1-2H3. The van der Waals surface area contributed by atoms with Gasteiger partial charge in [0, 0.05) is 18.7 Å². The Kier molecular flexibility index (Phi) is 5.56. The molecular weight excluding hydrogens is 266 g/mol. The summed E-state index contributed by atoms with van der Waals surface area (Å²) < 4.78 is 0. The fourth-order valence-corrected chi connectivity index (χ4v) is 2.97. The molecule has 1 heterocycles. The molecule has 1 atom stereocenters. The minimum absolute atomic E-state index is 0.185. The fourth-order valence-electron chi connectivity index (χ4n) is 2.97. The highest BCUT2D eigenvalue weighted by molar-refractivity contribution is 5.62. The van der Waals surface area contributed by atoms with Crippen LogP contribution in [0.15, 0.2) is 18.2 Å². The molecule has 1 aromatic carbocycles. The molecule has 1 aliphatic rings. The number of nitrogens with zero attached hydrogens (tertiary/aromatic N) is 2. The van der Waals surface area contributed by atoms with Gasteiger partial charge in [-0.2, -0.15) is 0 Å². The van der Waals surface area contributed by atoms with Crippen molar-refractivity contribution < 1.29 is 4.92 Å². The third kappa shape index (κ3) is 4.43. The molecule has 0 radical (unpaired) electrons. The normalized spacial score (nSPS) is 20.0. The second-order valence-corrected chi connectivity index (χ2v) is 5.89. The molecule has 0 spiro atoms. The lowest BCUT2D eigenvalue weighted by Gasteiger charge is -2.20. The van der Waals surface area contributed by atoms with Gasteiger partial charge in [-0.05, 0) is 57.3 Å². The van der Waals surface area contributed by atoms with Crippen LogP contribution >= 0.6 is 0 Å². The van der Waals surface area contributed by atoms with E-state index in [4.69, 9.17) is 0 Å². The van der Waals surface area contributed by atoms with Crippen molar-refractivity contribution in [3.8, 4) is 0 Å². The average molecular weight is 291 g/mol. The van der Waals surface area contributed by atoms with Crippen LogP contribution in [0.25, 0.3) is 0 Å². The highest BCUT2D eigenvalue weighted by Crippen LogP contribution is 2.27. The first-order chi connectivity index (χ1) is 10.1. The predicted molar refractivity (Wildman–Crippen MR) is 85.8 cm³/mol. The van der Waals surface area contributed by atoms with Gasteiger partial charge in [0.15, 0.2) is 0 Å². The average Bonchev–Trinajstić information content (AvgIpc) is 2.67. The SMILES string of the molecule is CCCN1CCCC(Nc2ccc(C)cc2[N+](=O)[O-])CC1. The molecule has 21 heavy (non-hydrogen) atoms. The Morgan fingerprint density at radius 2 is 2.19 bits per heavy atom. The summed E-state index contributed by atoms with van der Waals surface area (Å²) in [4.78, 5) is 13.4. The number of nitro benzene ring substituents is 1. The molecule has 1 fully saturated rings. The molecule has 0 bridgehead atoms. The van der Waals surface area contributed by atoms with E-state index in [0.29, 0.717) is 11.7 Å². The molecule has 0 saturated carbocycles. The van der Waals surface area contributed by atoms with Crippen molar-refractivity contribution in [1.82, 2.24) is 4.90 Å². The topological polar surface area (TPSA) is 58.4 Å². The minimum atomic E-state index is -0.296. The van der Waals surface area contributed by atoms with Gasteiger partial charge in [0.05, 0.1) is 4.92 Å². The zero-order valence-corrected chi connectivity index (χ0v) is 13.0. The predicted octanol–water partition coefficient (Wildman–Crippen LogP) is 3.58. The minimum Gasteiger partial charge on any atom is -0.377 e. The van der Waals surface area contributed by atoms with Crippen LogP contribution in [0.2, 0.25) is 0 Å². The van der Waals surface area contributed by atoms with Crippen molar-refractivity contribution in [3.63, 3.8) is 0 Å². The Morgan fingerprint density at radius 3 is 2.90 bits per heavy atom. The molecule has 1 aliphatic heterocycles. The number of likely N-dealkylation sites (tertiary alicyclic amines) is 1. The van der Waals surface area contributed by atoms with Crippen LogP contribution in [0.1, 0.15) is 38.2 Å². The molecule has 2 rings (SSSR count). The first-order valence-corrected chi connectivity index (χ1v) is 7.84. The molecule has 1 aromatic rings. The van der Waals surface area contributed by atoms with Crippen molar-refractivity contribution in [2.24, 2.45) is 0 Å². The molecule has 5 nitrogen and oxygen atoms in total.